The minimum atomic E-state index is -1.46. The van der Waals surface area contributed by atoms with Crippen molar-refractivity contribution in [2.75, 3.05) is 19.8 Å². The van der Waals surface area contributed by atoms with E-state index in [1.54, 1.807) is 6.08 Å². The maximum atomic E-state index is 13.4. The van der Waals surface area contributed by atoms with Gasteiger partial charge in [-0.05, 0) is 44.6 Å². The molecule has 2 spiro atoms. The Morgan fingerprint density at radius 1 is 1.00 bits per heavy atom. The van der Waals surface area contributed by atoms with Gasteiger partial charge in [0.1, 0.15) is 36.1 Å². The average molecular weight is 545 g/mol. The van der Waals surface area contributed by atoms with Crippen LogP contribution in [0.25, 0.3) is 0 Å². The molecule has 2 N–H and O–H groups in total. The molecule has 10 atom stereocenters. The van der Waals surface area contributed by atoms with Gasteiger partial charge in [0.2, 0.25) is 0 Å². The van der Waals surface area contributed by atoms with E-state index in [2.05, 4.69) is 19.9 Å². The minimum Gasteiger partial charge on any atom is -0.462 e. The molecule has 0 aromatic rings. The lowest BCUT2D eigenvalue weighted by Gasteiger charge is -2.58. The van der Waals surface area contributed by atoms with E-state index in [0.29, 0.717) is 37.9 Å². The summed E-state index contributed by atoms with van der Waals surface area (Å²) in [6.07, 6.45) is 5.14. The van der Waals surface area contributed by atoms with Gasteiger partial charge in [-0.3, -0.25) is 0 Å². The van der Waals surface area contributed by atoms with Crippen molar-refractivity contribution in [3.05, 3.63) is 35.5 Å². The quantitative estimate of drug-likeness (QED) is 0.263. The Balaban J connectivity index is 1.29. The largest absolute Gasteiger partial charge is 0.462 e. The van der Waals surface area contributed by atoms with E-state index < -0.39 is 58.6 Å². The summed E-state index contributed by atoms with van der Waals surface area (Å²) in [5, 5.41) is 21.2. The van der Waals surface area contributed by atoms with Gasteiger partial charge in [-0.2, -0.15) is 0 Å². The van der Waals surface area contributed by atoms with Gasteiger partial charge in [-0.15, -0.1) is 0 Å². The number of hydrogen-bond acceptors (Lipinski definition) is 10. The van der Waals surface area contributed by atoms with Gasteiger partial charge < -0.3 is 38.6 Å². The molecule has 0 unspecified atom stereocenters. The third kappa shape index (κ3) is 3.42. The first-order valence-electron chi connectivity index (χ1n) is 14.0. The molecule has 0 amide bonds. The predicted octanol–water partition coefficient (Wildman–Crippen LogP) is 1.63. The molecule has 0 aromatic carbocycles. The fourth-order valence-corrected chi connectivity index (χ4v) is 8.47. The summed E-state index contributed by atoms with van der Waals surface area (Å²) in [4.78, 5) is 26.5. The number of rotatable bonds is 0. The van der Waals surface area contributed by atoms with Crippen LogP contribution in [0.5, 0.6) is 0 Å². The fourth-order valence-electron chi connectivity index (χ4n) is 8.47. The summed E-state index contributed by atoms with van der Waals surface area (Å²) in [7, 11) is 0. The first-order chi connectivity index (χ1) is 18.7. The molecule has 39 heavy (non-hydrogen) atoms. The molecule has 4 bridgehead atoms. The molecule has 0 aromatic heterocycles. The highest BCUT2D eigenvalue weighted by molar-refractivity contribution is 5.83. The zero-order valence-corrected chi connectivity index (χ0v) is 22.3. The predicted molar refractivity (Wildman–Crippen MR) is 133 cm³/mol. The summed E-state index contributed by atoms with van der Waals surface area (Å²) in [6, 6.07) is 0. The Morgan fingerprint density at radius 3 is 2.62 bits per heavy atom. The second-order valence-corrected chi connectivity index (χ2v) is 12.4. The van der Waals surface area contributed by atoms with Crippen LogP contribution in [0.2, 0.25) is 0 Å². The number of esters is 2. The van der Waals surface area contributed by atoms with E-state index in [1.165, 1.54) is 17.7 Å². The van der Waals surface area contributed by atoms with Gasteiger partial charge in [-0.1, -0.05) is 24.6 Å². The van der Waals surface area contributed by atoms with Crippen LogP contribution >= 0.6 is 0 Å². The van der Waals surface area contributed by atoms with Crippen molar-refractivity contribution in [3.8, 4) is 0 Å². The van der Waals surface area contributed by atoms with Crippen molar-refractivity contribution in [2.24, 2.45) is 10.8 Å². The molecule has 5 fully saturated rings. The third-order valence-electron chi connectivity index (χ3n) is 10.8. The first kappa shape index (κ1) is 25.9. The Kier molecular flexibility index (Phi) is 5.77. The second kappa shape index (κ2) is 8.71. The Bertz CT molecular complexity index is 1170. The monoisotopic (exact) mass is 544 g/mol. The zero-order valence-electron chi connectivity index (χ0n) is 22.3. The van der Waals surface area contributed by atoms with E-state index >= 15 is 0 Å². The number of aliphatic hydroxyl groups is 2. The van der Waals surface area contributed by atoms with Gasteiger partial charge in [0.25, 0.3) is 0 Å². The van der Waals surface area contributed by atoms with Crippen LogP contribution in [0.3, 0.4) is 0 Å². The standard InChI is InChI=1S/C29H36O10/c1-16-6-9-27-14-34-22(31)12-17-7-10-35-28(23(32)25(33)39-24(17)28)8-4-3-5-21(30)38-18-13-20(37-19(27)11-16)29(15-36-29)26(18,27)2/h3,5,11-12,18-20,23-25,32-33H,4,6-10,13-15H2,1-2H3/b5-3-,17-12-/t18-,19-,20-,23+,24-,25-,26-,27-,28-,29+/m1/s1. The highest BCUT2D eigenvalue weighted by atomic mass is 16.7. The van der Waals surface area contributed by atoms with Gasteiger partial charge in [0.15, 0.2) is 6.29 Å². The molecule has 1 saturated carbocycles. The van der Waals surface area contributed by atoms with Gasteiger partial charge in [0, 0.05) is 24.0 Å². The lowest BCUT2D eigenvalue weighted by atomic mass is 9.51. The molecule has 5 heterocycles. The molecule has 2 aliphatic carbocycles. The number of ether oxygens (including phenoxy) is 6. The third-order valence-corrected chi connectivity index (χ3v) is 10.8. The lowest BCUT2D eigenvalue weighted by molar-refractivity contribution is -0.232. The molecule has 10 heteroatoms. The Morgan fingerprint density at radius 2 is 1.82 bits per heavy atom. The Labute approximate surface area is 226 Å². The summed E-state index contributed by atoms with van der Waals surface area (Å²) in [5.74, 6) is -1.000. The molecule has 7 rings (SSSR count). The van der Waals surface area contributed by atoms with Crippen LogP contribution in [0.4, 0.5) is 0 Å². The second-order valence-electron chi connectivity index (χ2n) is 12.4. The maximum Gasteiger partial charge on any atom is 0.330 e. The average Bonchev–Trinajstić information content (AvgIpc) is 3.64. The van der Waals surface area contributed by atoms with E-state index in [9.17, 15) is 19.8 Å². The topological polar surface area (TPSA) is 133 Å². The number of aliphatic hydroxyl groups excluding tert-OH is 2. The van der Waals surface area contributed by atoms with Crippen molar-refractivity contribution >= 4 is 11.9 Å². The van der Waals surface area contributed by atoms with Crippen LogP contribution in [0.1, 0.15) is 52.4 Å². The van der Waals surface area contributed by atoms with Crippen molar-refractivity contribution in [1.82, 2.24) is 0 Å². The van der Waals surface area contributed by atoms with E-state index in [0.717, 1.165) is 6.42 Å². The van der Waals surface area contributed by atoms with Crippen LogP contribution in [0, 0.1) is 10.8 Å². The number of epoxide rings is 1. The molecule has 4 saturated heterocycles. The van der Waals surface area contributed by atoms with E-state index in [-0.39, 0.29) is 31.8 Å². The SMILES string of the molecule is CC1=C[C@H]2O[C@@H]3C[C@H]4OC(=O)/C=C\CC[C@]56OCC/C(=C/C(=O)OC[C@@]2(CC1)[C@]4(C)[C@]31CO1)[C@H]5O[C@@H](O)[C@@H]6O. The number of cyclic esters (lactones) is 1. The van der Waals surface area contributed by atoms with Gasteiger partial charge in [0.05, 0.1) is 30.8 Å². The molecular formula is C29H36O10. The summed E-state index contributed by atoms with van der Waals surface area (Å²) >= 11 is 0. The normalized spacial score (nSPS) is 53.0. The van der Waals surface area contributed by atoms with Crippen LogP contribution in [-0.4, -0.2) is 90.0 Å². The van der Waals surface area contributed by atoms with Gasteiger partial charge >= 0.3 is 11.9 Å². The fraction of sp³-hybridized carbons (Fsp3) is 0.724. The lowest BCUT2D eigenvalue weighted by Crippen LogP contribution is -2.66. The maximum absolute atomic E-state index is 13.4. The molecule has 5 aliphatic heterocycles. The molecule has 10 nitrogen and oxygen atoms in total. The minimum absolute atomic E-state index is 0.0701. The summed E-state index contributed by atoms with van der Waals surface area (Å²) < 4.78 is 36.7. The van der Waals surface area contributed by atoms with Crippen molar-refractivity contribution in [1.29, 1.82) is 0 Å². The van der Waals surface area contributed by atoms with Crippen LogP contribution in [0.15, 0.2) is 35.5 Å². The first-order valence-corrected chi connectivity index (χ1v) is 14.0. The van der Waals surface area contributed by atoms with Crippen LogP contribution in [-0.2, 0) is 38.0 Å². The Hall–Kier alpha value is -2.08. The van der Waals surface area contributed by atoms with Crippen LogP contribution < -0.4 is 0 Å². The number of carbonyl (C=O) groups excluding carboxylic acids is 2. The van der Waals surface area contributed by atoms with Crippen molar-refractivity contribution in [3.63, 3.8) is 0 Å². The molecule has 7 aliphatic rings. The van der Waals surface area contributed by atoms with E-state index in [1.807, 2.05) is 0 Å². The summed E-state index contributed by atoms with van der Waals surface area (Å²) in [6.45, 7) is 5.02. The zero-order chi connectivity index (χ0) is 27.2. The highest BCUT2D eigenvalue weighted by Crippen LogP contribution is 2.72. The molecule has 212 valence electrons. The molecular weight excluding hydrogens is 508 g/mol. The van der Waals surface area contributed by atoms with Crippen molar-refractivity contribution in [2.45, 2.75) is 100 Å². The number of carbonyl (C=O) groups is 2. The summed E-state index contributed by atoms with van der Waals surface area (Å²) in [5.41, 5.74) is -1.29. The number of hydrogen-bond donors (Lipinski definition) is 2. The highest BCUT2D eigenvalue weighted by Gasteiger charge is 2.83. The van der Waals surface area contributed by atoms with Crippen molar-refractivity contribution < 1.29 is 48.2 Å². The van der Waals surface area contributed by atoms with E-state index in [4.69, 9.17) is 28.4 Å². The van der Waals surface area contributed by atoms with Gasteiger partial charge in [-0.25, -0.2) is 9.59 Å². The smallest absolute Gasteiger partial charge is 0.330 e. The number of allylic oxidation sites excluding steroid dienone is 2. The molecule has 0 radical (unpaired) electrons.